The van der Waals surface area contributed by atoms with Gasteiger partial charge in [-0.1, -0.05) is 12.1 Å². The molecule has 1 heterocycles. The molecule has 2 rings (SSSR count). The zero-order chi connectivity index (χ0) is 11.2. The van der Waals surface area contributed by atoms with Crippen LogP contribution in [-0.2, 0) is 4.74 Å². The van der Waals surface area contributed by atoms with Crippen LogP contribution in [0.25, 0.3) is 0 Å². The Morgan fingerprint density at radius 2 is 2.12 bits per heavy atom. The Bertz CT molecular complexity index is 321. The molecule has 3 heteroatoms. The maximum absolute atomic E-state index is 5.71. The molecule has 0 atom stereocenters. The molecule has 16 heavy (non-hydrogen) atoms. The van der Waals surface area contributed by atoms with E-state index in [1.165, 1.54) is 5.56 Å². The normalized spacial score (nSPS) is 17.3. The molecule has 0 unspecified atom stereocenters. The first kappa shape index (κ1) is 11.4. The van der Waals surface area contributed by atoms with Gasteiger partial charge in [-0.05, 0) is 24.6 Å². The third-order valence-electron chi connectivity index (χ3n) is 2.77. The summed E-state index contributed by atoms with van der Waals surface area (Å²) in [5.74, 6) is 0.966. The fourth-order valence-corrected chi connectivity index (χ4v) is 1.82. The molecule has 88 valence electrons. The third kappa shape index (κ3) is 3.51. The molecule has 0 N–H and O–H groups in total. The van der Waals surface area contributed by atoms with E-state index in [1.54, 1.807) is 0 Å². The Morgan fingerprint density at radius 3 is 2.88 bits per heavy atom. The molecule has 0 bridgehead atoms. The molecule has 3 nitrogen and oxygen atoms in total. The second-order valence-corrected chi connectivity index (χ2v) is 4.12. The van der Waals surface area contributed by atoms with Gasteiger partial charge in [-0.25, -0.2) is 0 Å². The fraction of sp³-hybridized carbons (Fsp3) is 0.538. The number of nitrogens with zero attached hydrogens (tertiary/aromatic N) is 1. The van der Waals surface area contributed by atoms with Crippen molar-refractivity contribution in [3.63, 3.8) is 0 Å². The van der Waals surface area contributed by atoms with Crippen LogP contribution in [0.1, 0.15) is 5.56 Å². The van der Waals surface area contributed by atoms with Gasteiger partial charge < -0.3 is 9.47 Å². The van der Waals surface area contributed by atoms with E-state index >= 15 is 0 Å². The van der Waals surface area contributed by atoms with Crippen molar-refractivity contribution in [2.45, 2.75) is 6.92 Å². The van der Waals surface area contributed by atoms with Crippen molar-refractivity contribution in [1.82, 2.24) is 4.90 Å². The molecule has 0 aromatic heterocycles. The monoisotopic (exact) mass is 221 g/mol. The van der Waals surface area contributed by atoms with Crippen LogP contribution in [0.4, 0.5) is 0 Å². The maximum Gasteiger partial charge on any atom is 0.119 e. The van der Waals surface area contributed by atoms with E-state index in [0.717, 1.165) is 45.2 Å². The van der Waals surface area contributed by atoms with Gasteiger partial charge in [-0.3, -0.25) is 4.90 Å². The minimum absolute atomic E-state index is 0.753. The van der Waals surface area contributed by atoms with Crippen molar-refractivity contribution >= 4 is 0 Å². The van der Waals surface area contributed by atoms with Crippen LogP contribution in [0, 0.1) is 6.92 Å². The summed E-state index contributed by atoms with van der Waals surface area (Å²) in [5, 5.41) is 0. The highest BCUT2D eigenvalue weighted by Gasteiger charge is 2.09. The molecule has 0 saturated carbocycles. The highest BCUT2D eigenvalue weighted by molar-refractivity contribution is 5.27. The van der Waals surface area contributed by atoms with Gasteiger partial charge in [0.15, 0.2) is 0 Å². The number of hydrogen-bond donors (Lipinski definition) is 0. The van der Waals surface area contributed by atoms with Crippen LogP contribution in [0.15, 0.2) is 24.3 Å². The average Bonchev–Trinajstić information content (AvgIpc) is 2.30. The Hall–Kier alpha value is -1.06. The van der Waals surface area contributed by atoms with E-state index < -0.39 is 0 Å². The third-order valence-corrected chi connectivity index (χ3v) is 2.77. The van der Waals surface area contributed by atoms with Gasteiger partial charge in [0.2, 0.25) is 0 Å². The highest BCUT2D eigenvalue weighted by atomic mass is 16.5. The minimum Gasteiger partial charge on any atom is -0.492 e. The highest BCUT2D eigenvalue weighted by Crippen LogP contribution is 2.12. The van der Waals surface area contributed by atoms with Gasteiger partial charge in [0.1, 0.15) is 12.4 Å². The molecule has 0 radical (unpaired) electrons. The molecular weight excluding hydrogens is 202 g/mol. The van der Waals surface area contributed by atoms with Crippen LogP contribution in [0.3, 0.4) is 0 Å². The number of benzene rings is 1. The van der Waals surface area contributed by atoms with E-state index in [1.807, 2.05) is 12.1 Å². The molecule has 1 saturated heterocycles. The number of aryl methyl sites for hydroxylation is 1. The lowest BCUT2D eigenvalue weighted by Crippen LogP contribution is -2.38. The zero-order valence-electron chi connectivity index (χ0n) is 9.82. The lowest BCUT2D eigenvalue weighted by atomic mass is 10.2. The second-order valence-electron chi connectivity index (χ2n) is 4.12. The topological polar surface area (TPSA) is 21.7 Å². The first-order chi connectivity index (χ1) is 7.84. The standard InChI is InChI=1S/C13H19NO2/c1-12-3-2-4-13(11-12)16-10-7-14-5-8-15-9-6-14/h2-4,11H,5-10H2,1H3. The lowest BCUT2D eigenvalue weighted by molar-refractivity contribution is 0.0322. The first-order valence-corrected chi connectivity index (χ1v) is 5.84. The summed E-state index contributed by atoms with van der Waals surface area (Å²) in [5.41, 5.74) is 1.24. The van der Waals surface area contributed by atoms with E-state index in [-0.39, 0.29) is 0 Å². The van der Waals surface area contributed by atoms with Crippen molar-refractivity contribution in [2.24, 2.45) is 0 Å². The molecular formula is C13H19NO2. The van der Waals surface area contributed by atoms with Crippen LogP contribution in [0.2, 0.25) is 0 Å². The zero-order valence-corrected chi connectivity index (χ0v) is 9.82. The largest absolute Gasteiger partial charge is 0.492 e. The molecule has 1 aromatic carbocycles. The summed E-state index contributed by atoms with van der Waals surface area (Å²) in [6, 6.07) is 8.18. The number of rotatable bonds is 4. The molecule has 0 aliphatic carbocycles. The van der Waals surface area contributed by atoms with Gasteiger partial charge >= 0.3 is 0 Å². The molecule has 1 fully saturated rings. The lowest BCUT2D eigenvalue weighted by Gasteiger charge is -2.26. The average molecular weight is 221 g/mol. The molecule has 0 amide bonds. The van der Waals surface area contributed by atoms with E-state index in [2.05, 4.69) is 24.0 Å². The van der Waals surface area contributed by atoms with E-state index in [9.17, 15) is 0 Å². The number of morpholine rings is 1. The summed E-state index contributed by atoms with van der Waals surface area (Å²) in [7, 11) is 0. The van der Waals surface area contributed by atoms with Gasteiger partial charge in [-0.15, -0.1) is 0 Å². The summed E-state index contributed by atoms with van der Waals surface area (Å²) in [6.45, 7) is 7.57. The van der Waals surface area contributed by atoms with Crippen LogP contribution < -0.4 is 4.74 Å². The SMILES string of the molecule is Cc1cccc(OCCN2CCOCC2)c1. The van der Waals surface area contributed by atoms with Crippen molar-refractivity contribution < 1.29 is 9.47 Å². The van der Waals surface area contributed by atoms with Gasteiger partial charge in [0, 0.05) is 19.6 Å². The van der Waals surface area contributed by atoms with Gasteiger partial charge in [0.25, 0.3) is 0 Å². The van der Waals surface area contributed by atoms with Gasteiger partial charge in [-0.2, -0.15) is 0 Å². The molecule has 0 spiro atoms. The fourth-order valence-electron chi connectivity index (χ4n) is 1.82. The molecule has 1 aromatic rings. The van der Waals surface area contributed by atoms with Crippen molar-refractivity contribution in [3.8, 4) is 5.75 Å². The predicted molar refractivity (Wildman–Crippen MR) is 63.9 cm³/mol. The minimum atomic E-state index is 0.753. The van der Waals surface area contributed by atoms with Crippen LogP contribution >= 0.6 is 0 Å². The maximum atomic E-state index is 5.71. The molecule has 1 aliphatic rings. The Balaban J connectivity index is 1.71. The predicted octanol–water partition coefficient (Wildman–Crippen LogP) is 1.71. The van der Waals surface area contributed by atoms with E-state index in [0.29, 0.717) is 0 Å². The smallest absolute Gasteiger partial charge is 0.119 e. The number of hydrogen-bond acceptors (Lipinski definition) is 3. The second kappa shape index (κ2) is 5.87. The van der Waals surface area contributed by atoms with Crippen molar-refractivity contribution in [2.75, 3.05) is 39.5 Å². The van der Waals surface area contributed by atoms with E-state index in [4.69, 9.17) is 9.47 Å². The molecule has 1 aliphatic heterocycles. The summed E-state index contributed by atoms with van der Waals surface area (Å²) >= 11 is 0. The summed E-state index contributed by atoms with van der Waals surface area (Å²) in [4.78, 5) is 2.37. The van der Waals surface area contributed by atoms with Crippen molar-refractivity contribution in [3.05, 3.63) is 29.8 Å². The quantitative estimate of drug-likeness (QED) is 0.772. The van der Waals surface area contributed by atoms with Crippen molar-refractivity contribution in [1.29, 1.82) is 0 Å². The summed E-state index contributed by atoms with van der Waals surface area (Å²) < 4.78 is 11.0. The first-order valence-electron chi connectivity index (χ1n) is 5.84. The Labute approximate surface area is 97.0 Å². The van der Waals surface area contributed by atoms with Crippen LogP contribution in [0.5, 0.6) is 5.75 Å². The number of ether oxygens (including phenoxy) is 2. The summed E-state index contributed by atoms with van der Waals surface area (Å²) in [6.07, 6.45) is 0. The van der Waals surface area contributed by atoms with Gasteiger partial charge in [0.05, 0.1) is 13.2 Å². The Kier molecular flexibility index (Phi) is 4.19. The Morgan fingerprint density at radius 1 is 1.31 bits per heavy atom. The van der Waals surface area contributed by atoms with Crippen LogP contribution in [-0.4, -0.2) is 44.4 Å².